The minimum Gasteiger partial charge on any atom is -0.351 e. The normalized spacial score (nSPS) is 21.4. The van der Waals surface area contributed by atoms with Crippen LogP contribution in [0.25, 0.3) is 0 Å². The van der Waals surface area contributed by atoms with Gasteiger partial charge in [-0.25, -0.2) is 0 Å². The van der Waals surface area contributed by atoms with E-state index in [0.717, 1.165) is 0 Å². The monoisotopic (exact) mass is 204 g/mol. The maximum atomic E-state index is 5.46. The highest BCUT2D eigenvalue weighted by Crippen LogP contribution is 2.13. The quantitative estimate of drug-likeness (QED) is 0.507. The lowest BCUT2D eigenvalue weighted by molar-refractivity contribution is -0.0148. The molecule has 5 heteroatoms. The van der Waals surface area contributed by atoms with Crippen LogP contribution >= 0.6 is 0 Å². The number of hydrogen-bond acceptors (Lipinski definition) is 4. The zero-order chi connectivity index (χ0) is 9.57. The first kappa shape index (κ1) is 10.9. The van der Waals surface area contributed by atoms with Crippen LogP contribution in [0.1, 0.15) is 13.8 Å². The Morgan fingerprint density at radius 2 is 1.54 bits per heavy atom. The first-order valence-corrected chi connectivity index (χ1v) is 6.17. The minimum atomic E-state index is -2.80. The van der Waals surface area contributed by atoms with E-state index in [2.05, 4.69) is 0 Å². The molecule has 0 saturated heterocycles. The van der Waals surface area contributed by atoms with Gasteiger partial charge in [0.05, 0.1) is 13.2 Å². The van der Waals surface area contributed by atoms with E-state index in [1.54, 1.807) is 0 Å². The van der Waals surface area contributed by atoms with Crippen molar-refractivity contribution in [3.05, 3.63) is 12.2 Å². The predicted octanol–water partition coefficient (Wildman–Crippen LogP) is 1.10. The molecule has 76 valence electrons. The van der Waals surface area contributed by atoms with Gasteiger partial charge < -0.3 is 17.7 Å². The molecule has 1 rings (SSSR count). The van der Waals surface area contributed by atoms with Gasteiger partial charge in [-0.15, -0.1) is 0 Å². The Hall–Kier alpha value is -0.203. The minimum absolute atomic E-state index is 0.506. The lowest BCUT2D eigenvalue weighted by Gasteiger charge is -2.24. The fourth-order valence-corrected chi connectivity index (χ4v) is 2.85. The molecule has 0 unspecified atom stereocenters. The summed E-state index contributed by atoms with van der Waals surface area (Å²) < 4.78 is 21.8. The zero-order valence-corrected chi connectivity index (χ0v) is 9.12. The molecule has 0 N–H and O–H groups in total. The highest BCUT2D eigenvalue weighted by atomic mass is 28.4. The Kier molecular flexibility index (Phi) is 4.61. The van der Waals surface area contributed by atoms with Crippen LogP contribution in [0.3, 0.4) is 0 Å². The van der Waals surface area contributed by atoms with Crippen LogP contribution in [0.4, 0.5) is 0 Å². The number of rotatable bonds is 4. The van der Waals surface area contributed by atoms with Crippen molar-refractivity contribution >= 4 is 9.05 Å². The van der Waals surface area contributed by atoms with Crippen LogP contribution in [0, 0.1) is 0 Å². The van der Waals surface area contributed by atoms with E-state index < -0.39 is 9.05 Å². The SMILES string of the molecule is CCO[Si]1(OCC)OCC=CCO1. The third-order valence-corrected chi connectivity index (χ3v) is 3.85. The van der Waals surface area contributed by atoms with Gasteiger partial charge in [0.1, 0.15) is 0 Å². The predicted molar refractivity (Wildman–Crippen MR) is 50.1 cm³/mol. The lowest BCUT2D eigenvalue weighted by Crippen LogP contribution is -2.48. The van der Waals surface area contributed by atoms with E-state index in [-0.39, 0.29) is 0 Å². The molecule has 0 fully saturated rings. The molecule has 0 aliphatic carbocycles. The molecule has 0 amide bonds. The first-order chi connectivity index (χ1) is 6.33. The van der Waals surface area contributed by atoms with Crippen LogP contribution in [-0.2, 0) is 17.7 Å². The molecule has 0 radical (unpaired) electrons. The Bertz CT molecular complexity index is 154. The third-order valence-electron chi connectivity index (χ3n) is 1.52. The maximum Gasteiger partial charge on any atom is 0.680 e. The van der Waals surface area contributed by atoms with Crippen molar-refractivity contribution in [2.75, 3.05) is 26.4 Å². The maximum absolute atomic E-state index is 5.46. The Balaban J connectivity index is 2.53. The third kappa shape index (κ3) is 3.20. The zero-order valence-electron chi connectivity index (χ0n) is 8.12. The van der Waals surface area contributed by atoms with Crippen molar-refractivity contribution in [1.82, 2.24) is 0 Å². The van der Waals surface area contributed by atoms with Crippen LogP contribution in [0.15, 0.2) is 12.2 Å². The van der Waals surface area contributed by atoms with Crippen LogP contribution in [-0.4, -0.2) is 35.5 Å². The summed E-state index contributed by atoms with van der Waals surface area (Å²) in [6.07, 6.45) is 3.82. The molecular formula is C8H16O4Si. The summed E-state index contributed by atoms with van der Waals surface area (Å²) in [6.45, 7) is 5.91. The molecule has 4 nitrogen and oxygen atoms in total. The Labute approximate surface area is 79.9 Å². The molecule has 1 heterocycles. The van der Waals surface area contributed by atoms with E-state index in [1.165, 1.54) is 0 Å². The topological polar surface area (TPSA) is 36.9 Å². The van der Waals surface area contributed by atoms with E-state index in [1.807, 2.05) is 26.0 Å². The van der Waals surface area contributed by atoms with Gasteiger partial charge in [0, 0.05) is 13.2 Å². The van der Waals surface area contributed by atoms with Gasteiger partial charge >= 0.3 is 9.05 Å². The summed E-state index contributed by atoms with van der Waals surface area (Å²) in [5.74, 6) is 0. The highest BCUT2D eigenvalue weighted by molar-refractivity contribution is 6.53. The highest BCUT2D eigenvalue weighted by Gasteiger charge is 2.45. The standard InChI is InChI=1S/C8H16O4Si/c1-3-9-13(10-4-2)11-7-5-6-8-12-13/h5-6H,3-4,7-8H2,1-2H3. The van der Waals surface area contributed by atoms with Crippen LogP contribution < -0.4 is 0 Å². The first-order valence-electron chi connectivity index (χ1n) is 4.54. The second kappa shape index (κ2) is 5.51. The van der Waals surface area contributed by atoms with E-state index in [0.29, 0.717) is 26.4 Å². The molecule has 1 aliphatic heterocycles. The fourth-order valence-electron chi connectivity index (χ4n) is 1.04. The molecule has 0 saturated carbocycles. The Morgan fingerprint density at radius 3 is 1.92 bits per heavy atom. The van der Waals surface area contributed by atoms with Crippen molar-refractivity contribution in [2.24, 2.45) is 0 Å². The molecule has 13 heavy (non-hydrogen) atoms. The van der Waals surface area contributed by atoms with Gasteiger partial charge in [0.15, 0.2) is 0 Å². The van der Waals surface area contributed by atoms with E-state index >= 15 is 0 Å². The van der Waals surface area contributed by atoms with Gasteiger partial charge in [-0.1, -0.05) is 12.2 Å². The van der Waals surface area contributed by atoms with Crippen molar-refractivity contribution in [1.29, 1.82) is 0 Å². The van der Waals surface area contributed by atoms with E-state index in [9.17, 15) is 0 Å². The average molecular weight is 204 g/mol. The molecule has 0 spiro atoms. The number of hydrogen-bond donors (Lipinski definition) is 0. The summed E-state index contributed by atoms with van der Waals surface area (Å²) in [6, 6.07) is 0. The van der Waals surface area contributed by atoms with Crippen molar-refractivity contribution in [3.63, 3.8) is 0 Å². The molecule has 0 aromatic heterocycles. The lowest BCUT2D eigenvalue weighted by atomic mass is 10.5. The van der Waals surface area contributed by atoms with Crippen molar-refractivity contribution in [2.45, 2.75) is 13.8 Å². The smallest absolute Gasteiger partial charge is 0.351 e. The fraction of sp³-hybridized carbons (Fsp3) is 0.750. The molecule has 0 aromatic carbocycles. The summed E-state index contributed by atoms with van der Waals surface area (Å²) in [5.41, 5.74) is 0. The van der Waals surface area contributed by atoms with Gasteiger partial charge in [-0.05, 0) is 13.8 Å². The summed E-state index contributed by atoms with van der Waals surface area (Å²) in [5, 5.41) is 0. The van der Waals surface area contributed by atoms with Gasteiger partial charge in [-0.3, -0.25) is 0 Å². The molecule has 0 atom stereocenters. The molecule has 0 aromatic rings. The van der Waals surface area contributed by atoms with Crippen molar-refractivity contribution < 1.29 is 17.7 Å². The van der Waals surface area contributed by atoms with Gasteiger partial charge in [0.25, 0.3) is 0 Å². The average Bonchev–Trinajstić information content (AvgIpc) is 2.32. The van der Waals surface area contributed by atoms with E-state index in [4.69, 9.17) is 17.7 Å². The molecule has 0 bridgehead atoms. The van der Waals surface area contributed by atoms with Gasteiger partial charge in [-0.2, -0.15) is 0 Å². The van der Waals surface area contributed by atoms with Crippen molar-refractivity contribution in [3.8, 4) is 0 Å². The van der Waals surface area contributed by atoms with Crippen LogP contribution in [0.5, 0.6) is 0 Å². The molecule has 1 aliphatic rings. The molecular weight excluding hydrogens is 188 g/mol. The van der Waals surface area contributed by atoms with Crippen LogP contribution in [0.2, 0.25) is 0 Å². The largest absolute Gasteiger partial charge is 0.680 e. The second-order valence-electron chi connectivity index (χ2n) is 2.46. The second-order valence-corrected chi connectivity index (χ2v) is 4.61. The summed E-state index contributed by atoms with van der Waals surface area (Å²) in [4.78, 5) is 0. The summed E-state index contributed by atoms with van der Waals surface area (Å²) in [7, 11) is -2.80. The summed E-state index contributed by atoms with van der Waals surface area (Å²) >= 11 is 0. The van der Waals surface area contributed by atoms with Gasteiger partial charge in [0.2, 0.25) is 0 Å². The Morgan fingerprint density at radius 1 is 1.08 bits per heavy atom.